The number of rotatable bonds is 8. The van der Waals surface area contributed by atoms with E-state index in [1.54, 1.807) is 13.1 Å². The first-order chi connectivity index (χ1) is 18.5. The van der Waals surface area contributed by atoms with E-state index >= 15 is 0 Å². The number of fused-ring (bicyclic) bond motifs is 1. The van der Waals surface area contributed by atoms with Crippen LogP contribution in [0.3, 0.4) is 0 Å². The SMILES string of the molecule is Cc1cccc(COc2ccc(-c3ncc4c(n3)CCN(CC(C)CC(=O)OC(=O)C(F)(F)F)C4)cc2C)c1. The quantitative estimate of drug-likeness (QED) is 0.281. The fourth-order valence-electron chi connectivity index (χ4n) is 4.58. The van der Waals surface area contributed by atoms with Crippen LogP contribution in [0.1, 0.15) is 41.3 Å². The number of benzene rings is 2. The number of aromatic nitrogens is 2. The Balaban J connectivity index is 1.33. The monoisotopic (exact) mass is 541 g/mol. The topological polar surface area (TPSA) is 81.6 Å². The Hall–Kier alpha value is -3.79. The first-order valence-electron chi connectivity index (χ1n) is 12.7. The molecular formula is C29H30F3N3O4. The highest BCUT2D eigenvalue weighted by Crippen LogP contribution is 2.27. The molecule has 0 radical (unpaired) electrons. The molecule has 1 aromatic heterocycles. The maximum absolute atomic E-state index is 12.3. The normalized spacial score (nSPS) is 14.4. The van der Waals surface area contributed by atoms with Crippen molar-refractivity contribution in [2.75, 3.05) is 13.1 Å². The second-order valence-electron chi connectivity index (χ2n) is 9.98. The second kappa shape index (κ2) is 11.9. The first-order valence-corrected chi connectivity index (χ1v) is 12.7. The van der Waals surface area contributed by atoms with Gasteiger partial charge in [0, 0.05) is 49.8 Å². The van der Waals surface area contributed by atoms with E-state index in [9.17, 15) is 22.8 Å². The molecule has 0 amide bonds. The summed E-state index contributed by atoms with van der Waals surface area (Å²) < 4.78 is 46.8. The van der Waals surface area contributed by atoms with Crippen LogP contribution in [0.25, 0.3) is 11.4 Å². The van der Waals surface area contributed by atoms with Crippen LogP contribution in [0.2, 0.25) is 0 Å². The highest BCUT2D eigenvalue weighted by atomic mass is 19.4. The average Bonchev–Trinajstić information content (AvgIpc) is 2.87. The van der Waals surface area contributed by atoms with Crippen LogP contribution in [0.5, 0.6) is 5.75 Å². The zero-order chi connectivity index (χ0) is 28.2. The van der Waals surface area contributed by atoms with E-state index in [-0.39, 0.29) is 12.3 Å². The Bertz CT molecular complexity index is 1360. The molecule has 4 rings (SSSR count). The molecule has 7 nitrogen and oxygen atoms in total. The van der Waals surface area contributed by atoms with Crippen molar-refractivity contribution in [1.82, 2.24) is 14.9 Å². The van der Waals surface area contributed by atoms with E-state index in [2.05, 4.69) is 33.7 Å². The lowest BCUT2D eigenvalue weighted by Gasteiger charge is -2.30. The van der Waals surface area contributed by atoms with Gasteiger partial charge in [0.1, 0.15) is 12.4 Å². The van der Waals surface area contributed by atoms with Crippen molar-refractivity contribution in [3.8, 4) is 17.1 Å². The van der Waals surface area contributed by atoms with E-state index in [1.807, 2.05) is 37.3 Å². The van der Waals surface area contributed by atoms with Crippen molar-refractivity contribution in [2.45, 2.75) is 52.9 Å². The van der Waals surface area contributed by atoms with E-state index in [0.717, 1.165) is 33.7 Å². The lowest BCUT2D eigenvalue weighted by Crippen LogP contribution is -2.35. The van der Waals surface area contributed by atoms with Gasteiger partial charge in [-0.2, -0.15) is 13.2 Å². The number of alkyl halides is 3. The summed E-state index contributed by atoms with van der Waals surface area (Å²) in [5.41, 5.74) is 6.07. The summed E-state index contributed by atoms with van der Waals surface area (Å²) in [6.07, 6.45) is -3.01. The highest BCUT2D eigenvalue weighted by molar-refractivity contribution is 5.88. The Morgan fingerprint density at radius 2 is 1.92 bits per heavy atom. The zero-order valence-corrected chi connectivity index (χ0v) is 22.0. The van der Waals surface area contributed by atoms with Gasteiger partial charge in [-0.1, -0.05) is 36.8 Å². The summed E-state index contributed by atoms with van der Waals surface area (Å²) in [5.74, 6) is -2.54. The van der Waals surface area contributed by atoms with Gasteiger partial charge in [-0.25, -0.2) is 14.8 Å². The molecule has 0 fully saturated rings. The van der Waals surface area contributed by atoms with E-state index in [1.165, 1.54) is 5.56 Å². The highest BCUT2D eigenvalue weighted by Gasteiger charge is 2.42. The maximum Gasteiger partial charge on any atom is 0.491 e. The van der Waals surface area contributed by atoms with Gasteiger partial charge in [0.15, 0.2) is 5.82 Å². The third kappa shape index (κ3) is 7.63. The number of hydrogen-bond donors (Lipinski definition) is 0. The van der Waals surface area contributed by atoms with Gasteiger partial charge in [-0.15, -0.1) is 0 Å². The van der Waals surface area contributed by atoms with E-state index in [4.69, 9.17) is 9.72 Å². The van der Waals surface area contributed by atoms with Gasteiger partial charge in [0.05, 0.1) is 5.69 Å². The predicted octanol–water partition coefficient (Wildman–Crippen LogP) is 5.36. The molecule has 0 saturated carbocycles. The standard InChI is InChI=1S/C29H30F3N3O4/c1-18-5-4-6-21(11-18)17-38-25-8-7-22(13-20(25)3)27-33-14-23-16-35(10-9-24(23)34-27)15-19(2)12-26(36)39-28(37)29(30,31)32/h4-8,11,13-14,19H,9-10,12,15-17H2,1-3H3. The average molecular weight is 542 g/mol. The summed E-state index contributed by atoms with van der Waals surface area (Å²) in [5, 5.41) is 0. The summed E-state index contributed by atoms with van der Waals surface area (Å²) >= 11 is 0. The molecule has 1 aliphatic heterocycles. The van der Waals surface area contributed by atoms with Crippen LogP contribution in [0, 0.1) is 19.8 Å². The fourth-order valence-corrected chi connectivity index (χ4v) is 4.58. The zero-order valence-electron chi connectivity index (χ0n) is 22.0. The Morgan fingerprint density at radius 3 is 2.64 bits per heavy atom. The molecule has 10 heteroatoms. The molecule has 0 N–H and O–H groups in total. The molecule has 1 atom stereocenters. The van der Waals surface area contributed by atoms with Gasteiger partial charge >= 0.3 is 18.1 Å². The second-order valence-corrected chi connectivity index (χ2v) is 9.98. The molecule has 206 valence electrons. The molecular weight excluding hydrogens is 511 g/mol. The number of hydrogen-bond acceptors (Lipinski definition) is 7. The van der Waals surface area contributed by atoms with Crippen LogP contribution >= 0.6 is 0 Å². The molecule has 0 bridgehead atoms. The number of halogens is 3. The third-order valence-electron chi connectivity index (χ3n) is 6.45. The largest absolute Gasteiger partial charge is 0.491 e. The molecule has 0 aliphatic carbocycles. The van der Waals surface area contributed by atoms with Gasteiger partial charge in [0.25, 0.3) is 0 Å². The molecule has 3 aromatic rings. The van der Waals surface area contributed by atoms with E-state index < -0.39 is 18.1 Å². The van der Waals surface area contributed by atoms with Crippen LogP contribution in [-0.4, -0.2) is 46.1 Å². The van der Waals surface area contributed by atoms with Crippen molar-refractivity contribution >= 4 is 11.9 Å². The number of nitrogens with zero attached hydrogens (tertiary/aromatic N) is 3. The summed E-state index contributed by atoms with van der Waals surface area (Å²) in [4.78, 5) is 34.0. The lowest BCUT2D eigenvalue weighted by molar-refractivity contribution is -0.202. The van der Waals surface area contributed by atoms with Crippen LogP contribution in [0.4, 0.5) is 13.2 Å². The van der Waals surface area contributed by atoms with E-state index in [0.29, 0.717) is 38.5 Å². The number of carbonyl (C=O) groups excluding carboxylic acids is 2. The van der Waals surface area contributed by atoms with Crippen LogP contribution in [-0.2, 0) is 33.9 Å². The number of ether oxygens (including phenoxy) is 2. The molecule has 0 spiro atoms. The van der Waals surface area contributed by atoms with Gasteiger partial charge in [0.2, 0.25) is 0 Å². The van der Waals surface area contributed by atoms with Crippen molar-refractivity contribution in [2.24, 2.45) is 5.92 Å². The Kier molecular flexibility index (Phi) is 8.64. The maximum atomic E-state index is 12.3. The summed E-state index contributed by atoms with van der Waals surface area (Å²) in [6, 6.07) is 14.1. The minimum absolute atomic E-state index is 0.287. The Morgan fingerprint density at radius 1 is 1.13 bits per heavy atom. The molecule has 1 unspecified atom stereocenters. The molecule has 1 aliphatic rings. The minimum Gasteiger partial charge on any atom is -0.489 e. The smallest absolute Gasteiger partial charge is 0.489 e. The predicted molar refractivity (Wildman–Crippen MR) is 138 cm³/mol. The Labute approximate surface area is 225 Å². The fraction of sp³-hybridized carbons (Fsp3) is 0.379. The number of aryl methyl sites for hydroxylation is 2. The molecule has 0 saturated heterocycles. The van der Waals surface area contributed by atoms with Crippen molar-refractivity contribution in [1.29, 1.82) is 0 Å². The molecule has 2 heterocycles. The summed E-state index contributed by atoms with van der Waals surface area (Å²) in [7, 11) is 0. The van der Waals surface area contributed by atoms with Gasteiger partial charge < -0.3 is 9.47 Å². The minimum atomic E-state index is -5.19. The lowest BCUT2D eigenvalue weighted by atomic mass is 10.0. The first kappa shape index (κ1) is 28.2. The molecule has 2 aromatic carbocycles. The van der Waals surface area contributed by atoms with Crippen LogP contribution in [0.15, 0.2) is 48.7 Å². The summed E-state index contributed by atoms with van der Waals surface area (Å²) in [6.45, 7) is 7.94. The number of esters is 2. The van der Waals surface area contributed by atoms with Gasteiger partial charge in [-0.05, 0) is 49.1 Å². The van der Waals surface area contributed by atoms with Gasteiger partial charge in [-0.3, -0.25) is 9.69 Å². The third-order valence-corrected chi connectivity index (χ3v) is 6.45. The van der Waals surface area contributed by atoms with Crippen molar-refractivity contribution in [3.05, 3.63) is 76.6 Å². The van der Waals surface area contributed by atoms with Crippen LogP contribution < -0.4 is 4.74 Å². The molecule has 39 heavy (non-hydrogen) atoms. The number of carbonyl (C=O) groups is 2. The van der Waals surface area contributed by atoms with Crippen molar-refractivity contribution < 1.29 is 32.2 Å². The van der Waals surface area contributed by atoms with Crippen molar-refractivity contribution in [3.63, 3.8) is 0 Å².